The lowest BCUT2D eigenvalue weighted by Crippen LogP contribution is -2.21. The van der Waals surface area contributed by atoms with E-state index in [-0.39, 0.29) is 11.5 Å². The Morgan fingerprint density at radius 3 is 2.67 bits per heavy atom. The molecule has 1 aromatic heterocycles. The minimum atomic E-state index is 0.0702. The molecule has 98 valence electrons. The van der Waals surface area contributed by atoms with Crippen LogP contribution in [0.2, 0.25) is 0 Å². The maximum Gasteiger partial charge on any atom is 0.0448 e. The second-order valence-corrected chi connectivity index (χ2v) is 5.60. The van der Waals surface area contributed by atoms with E-state index in [4.69, 9.17) is 0 Å². The van der Waals surface area contributed by atoms with Crippen LogP contribution in [0.3, 0.4) is 0 Å². The molecule has 1 unspecified atom stereocenters. The first kappa shape index (κ1) is 14.7. The van der Waals surface area contributed by atoms with Gasteiger partial charge in [-0.25, -0.2) is 0 Å². The van der Waals surface area contributed by atoms with Gasteiger partial charge in [0, 0.05) is 30.3 Å². The van der Waals surface area contributed by atoms with Gasteiger partial charge < -0.3 is 5.32 Å². The number of aromatic nitrogens is 1. The molecule has 18 heavy (non-hydrogen) atoms. The van der Waals surface area contributed by atoms with E-state index < -0.39 is 0 Å². The third-order valence-corrected chi connectivity index (χ3v) is 2.68. The third-order valence-electron chi connectivity index (χ3n) is 2.68. The monoisotopic (exact) mass is 244 g/mol. The van der Waals surface area contributed by atoms with Crippen LogP contribution in [0.4, 0.5) is 0 Å². The Labute approximate surface area is 111 Å². The average molecular weight is 244 g/mol. The highest BCUT2D eigenvalue weighted by molar-refractivity contribution is 5.26. The van der Waals surface area contributed by atoms with Gasteiger partial charge in [0.1, 0.15) is 0 Å². The number of rotatable bonds is 4. The molecule has 0 saturated carbocycles. The zero-order valence-electron chi connectivity index (χ0n) is 12.2. The Kier molecular flexibility index (Phi) is 5.37. The summed E-state index contributed by atoms with van der Waals surface area (Å²) in [6.07, 6.45) is 4.61. The molecule has 0 aliphatic carbocycles. The van der Waals surface area contributed by atoms with E-state index in [1.807, 2.05) is 12.4 Å². The minimum absolute atomic E-state index is 0.0702. The summed E-state index contributed by atoms with van der Waals surface area (Å²) in [6.45, 7) is 11.6. The Balaban J connectivity index is 2.83. The fraction of sp³-hybridized carbons (Fsp3) is 0.562. The molecule has 1 N–H and O–H groups in total. The topological polar surface area (TPSA) is 24.9 Å². The first-order chi connectivity index (χ1) is 8.44. The van der Waals surface area contributed by atoms with Crippen LogP contribution in [-0.2, 0) is 0 Å². The van der Waals surface area contributed by atoms with Crippen LogP contribution < -0.4 is 5.32 Å². The van der Waals surface area contributed by atoms with Crippen molar-refractivity contribution in [2.24, 2.45) is 5.41 Å². The van der Waals surface area contributed by atoms with Gasteiger partial charge in [-0.1, -0.05) is 12.8 Å². The minimum Gasteiger partial charge on any atom is -0.309 e. The molecular weight excluding hydrogens is 220 g/mol. The first-order valence-corrected chi connectivity index (χ1v) is 6.58. The normalized spacial score (nSPS) is 12.7. The highest BCUT2D eigenvalue weighted by Gasteiger charge is 2.12. The van der Waals surface area contributed by atoms with Gasteiger partial charge in [-0.2, -0.15) is 0 Å². The van der Waals surface area contributed by atoms with Crippen LogP contribution >= 0.6 is 0 Å². The molecule has 0 bridgehead atoms. The summed E-state index contributed by atoms with van der Waals surface area (Å²) in [5.41, 5.74) is 2.59. The standard InChI is InChI=1S/C16H24N2/c1-6-18-15(8-7-10-16(3,4)5)14-12-17-11-9-13(14)2/h9,11-12,15,18H,6,8H2,1-5H3. The van der Waals surface area contributed by atoms with Crippen molar-refractivity contribution in [3.8, 4) is 11.8 Å². The summed E-state index contributed by atoms with van der Waals surface area (Å²) in [5.74, 6) is 6.59. The summed E-state index contributed by atoms with van der Waals surface area (Å²) >= 11 is 0. The van der Waals surface area contributed by atoms with Crippen molar-refractivity contribution in [3.05, 3.63) is 29.6 Å². The number of nitrogens with zero attached hydrogens (tertiary/aromatic N) is 1. The summed E-state index contributed by atoms with van der Waals surface area (Å²) in [5, 5.41) is 3.48. The van der Waals surface area contributed by atoms with E-state index in [1.54, 1.807) is 0 Å². The molecule has 0 spiro atoms. The van der Waals surface area contributed by atoms with E-state index >= 15 is 0 Å². The molecule has 0 fully saturated rings. The number of nitrogens with one attached hydrogen (secondary N) is 1. The van der Waals surface area contributed by atoms with Gasteiger partial charge in [-0.3, -0.25) is 4.98 Å². The Morgan fingerprint density at radius 1 is 1.39 bits per heavy atom. The predicted octanol–water partition coefficient (Wildman–Crippen LogP) is 3.48. The Bertz CT molecular complexity index is 432. The lowest BCUT2D eigenvalue weighted by molar-refractivity contribution is 0.551. The zero-order valence-corrected chi connectivity index (χ0v) is 12.2. The second-order valence-electron chi connectivity index (χ2n) is 5.60. The highest BCUT2D eigenvalue weighted by atomic mass is 14.9. The number of aryl methyl sites for hydroxylation is 1. The SMILES string of the molecule is CCNC(CC#CC(C)(C)C)c1cnccc1C. The molecule has 2 heteroatoms. The molecule has 0 aliphatic rings. The molecule has 0 saturated heterocycles. The number of pyridine rings is 1. The maximum atomic E-state index is 4.22. The smallest absolute Gasteiger partial charge is 0.0448 e. The summed E-state index contributed by atoms with van der Waals surface area (Å²) in [7, 11) is 0. The van der Waals surface area contributed by atoms with Gasteiger partial charge in [0.05, 0.1) is 0 Å². The van der Waals surface area contributed by atoms with Crippen molar-refractivity contribution in [2.75, 3.05) is 6.54 Å². The summed E-state index contributed by atoms with van der Waals surface area (Å²) < 4.78 is 0. The van der Waals surface area contributed by atoms with Crippen LogP contribution in [0.15, 0.2) is 18.5 Å². The van der Waals surface area contributed by atoms with Crippen LogP contribution in [0, 0.1) is 24.2 Å². The number of hydrogen-bond donors (Lipinski definition) is 1. The van der Waals surface area contributed by atoms with Crippen LogP contribution in [0.5, 0.6) is 0 Å². The molecule has 1 heterocycles. The van der Waals surface area contributed by atoms with E-state index in [0.717, 1.165) is 13.0 Å². The van der Waals surface area contributed by atoms with Crippen molar-refractivity contribution >= 4 is 0 Å². The van der Waals surface area contributed by atoms with E-state index in [2.05, 4.69) is 62.8 Å². The molecule has 0 radical (unpaired) electrons. The molecule has 2 nitrogen and oxygen atoms in total. The predicted molar refractivity (Wildman–Crippen MR) is 77.2 cm³/mol. The third kappa shape index (κ3) is 4.89. The fourth-order valence-electron chi connectivity index (χ4n) is 1.80. The Morgan fingerprint density at radius 2 is 2.11 bits per heavy atom. The lowest BCUT2D eigenvalue weighted by Gasteiger charge is -2.17. The molecule has 1 atom stereocenters. The fourth-order valence-corrected chi connectivity index (χ4v) is 1.80. The van der Waals surface area contributed by atoms with Crippen LogP contribution in [-0.4, -0.2) is 11.5 Å². The molecular formula is C16H24N2. The van der Waals surface area contributed by atoms with Crippen molar-refractivity contribution in [2.45, 2.75) is 47.1 Å². The summed E-state index contributed by atoms with van der Waals surface area (Å²) in [4.78, 5) is 4.22. The van der Waals surface area contributed by atoms with E-state index in [9.17, 15) is 0 Å². The largest absolute Gasteiger partial charge is 0.309 e. The van der Waals surface area contributed by atoms with Crippen molar-refractivity contribution < 1.29 is 0 Å². The number of hydrogen-bond acceptors (Lipinski definition) is 2. The first-order valence-electron chi connectivity index (χ1n) is 6.58. The van der Waals surface area contributed by atoms with Gasteiger partial charge in [0.25, 0.3) is 0 Å². The molecule has 0 amide bonds. The van der Waals surface area contributed by atoms with E-state index in [0.29, 0.717) is 0 Å². The van der Waals surface area contributed by atoms with Gasteiger partial charge in [-0.05, 0) is 51.4 Å². The van der Waals surface area contributed by atoms with Crippen molar-refractivity contribution in [3.63, 3.8) is 0 Å². The van der Waals surface area contributed by atoms with Crippen LogP contribution in [0.25, 0.3) is 0 Å². The Hall–Kier alpha value is -1.33. The summed E-state index contributed by atoms with van der Waals surface area (Å²) in [6, 6.07) is 2.33. The molecule has 0 aliphatic heterocycles. The van der Waals surface area contributed by atoms with Gasteiger partial charge in [0.15, 0.2) is 0 Å². The van der Waals surface area contributed by atoms with Gasteiger partial charge in [-0.15, -0.1) is 5.92 Å². The molecule has 1 aromatic rings. The maximum absolute atomic E-state index is 4.22. The van der Waals surface area contributed by atoms with Crippen LogP contribution in [0.1, 0.15) is 51.3 Å². The van der Waals surface area contributed by atoms with Crippen molar-refractivity contribution in [1.29, 1.82) is 0 Å². The van der Waals surface area contributed by atoms with Crippen molar-refractivity contribution in [1.82, 2.24) is 10.3 Å². The molecule has 1 rings (SSSR count). The lowest BCUT2D eigenvalue weighted by atomic mass is 9.96. The molecule has 0 aromatic carbocycles. The van der Waals surface area contributed by atoms with Gasteiger partial charge in [0.2, 0.25) is 0 Å². The average Bonchev–Trinajstić information content (AvgIpc) is 2.27. The zero-order chi connectivity index (χ0) is 13.6. The van der Waals surface area contributed by atoms with Gasteiger partial charge >= 0.3 is 0 Å². The quantitative estimate of drug-likeness (QED) is 0.820. The second kappa shape index (κ2) is 6.56. The van der Waals surface area contributed by atoms with E-state index in [1.165, 1.54) is 11.1 Å². The highest BCUT2D eigenvalue weighted by Crippen LogP contribution is 2.19.